The first-order valence-corrected chi connectivity index (χ1v) is 6.42. The van der Waals surface area contributed by atoms with Gasteiger partial charge in [0.1, 0.15) is 0 Å². The zero-order chi connectivity index (χ0) is 13.4. The highest BCUT2D eigenvalue weighted by Gasteiger charge is 2.15. The average molecular weight is 277 g/mol. The van der Waals surface area contributed by atoms with E-state index in [0.29, 0.717) is 11.6 Å². The van der Waals surface area contributed by atoms with Crippen molar-refractivity contribution in [3.63, 3.8) is 0 Å². The Morgan fingerprint density at radius 3 is 2.67 bits per heavy atom. The van der Waals surface area contributed by atoms with Crippen LogP contribution < -0.4 is 0 Å². The second-order valence-electron chi connectivity index (χ2n) is 4.26. The number of hydrogen-bond acceptors (Lipinski definition) is 5. The van der Waals surface area contributed by atoms with Crippen LogP contribution in [-0.2, 0) is 14.3 Å². The fourth-order valence-corrected chi connectivity index (χ4v) is 1.98. The van der Waals surface area contributed by atoms with Gasteiger partial charge in [0.2, 0.25) is 0 Å². The first-order chi connectivity index (χ1) is 8.61. The summed E-state index contributed by atoms with van der Waals surface area (Å²) in [5.41, 5.74) is 0. The molecule has 0 N–H and O–H groups in total. The number of halogens is 1. The maximum Gasteiger partial charge on any atom is 0.319 e. The minimum absolute atomic E-state index is 0.243. The maximum absolute atomic E-state index is 11.3. The van der Waals surface area contributed by atoms with Crippen LogP contribution in [0.5, 0.6) is 0 Å². The zero-order valence-electron chi connectivity index (χ0n) is 10.9. The van der Waals surface area contributed by atoms with Crippen molar-refractivity contribution in [1.29, 1.82) is 0 Å². The van der Waals surface area contributed by atoms with Crippen LogP contribution in [0.1, 0.15) is 0 Å². The normalized spacial score (nSPS) is 16.8. The van der Waals surface area contributed by atoms with Crippen molar-refractivity contribution >= 4 is 17.6 Å². The lowest BCUT2D eigenvalue weighted by Gasteiger charge is -2.29. The molecule has 0 radical (unpaired) electrons. The number of carbonyl (C=O) groups is 1. The van der Waals surface area contributed by atoms with E-state index in [4.69, 9.17) is 16.3 Å². The van der Waals surface area contributed by atoms with Gasteiger partial charge in [0.25, 0.3) is 0 Å². The topological polar surface area (TPSA) is 42.0 Å². The molecule has 18 heavy (non-hydrogen) atoms. The molecule has 0 unspecified atom stereocenters. The van der Waals surface area contributed by atoms with E-state index in [1.165, 1.54) is 7.11 Å². The number of methoxy groups -OCH3 is 1. The Morgan fingerprint density at radius 2 is 2.11 bits per heavy atom. The van der Waals surface area contributed by atoms with E-state index in [9.17, 15) is 4.79 Å². The molecule has 0 atom stereocenters. The Bertz CT molecular complexity index is 280. The van der Waals surface area contributed by atoms with Crippen LogP contribution in [0.15, 0.2) is 11.6 Å². The smallest absolute Gasteiger partial charge is 0.319 e. The molecule has 0 aromatic rings. The van der Waals surface area contributed by atoms with Gasteiger partial charge < -0.3 is 9.47 Å². The van der Waals surface area contributed by atoms with Gasteiger partial charge >= 0.3 is 5.97 Å². The summed E-state index contributed by atoms with van der Waals surface area (Å²) >= 11 is 5.80. The summed E-state index contributed by atoms with van der Waals surface area (Å²) in [4.78, 5) is 15.5. The quantitative estimate of drug-likeness (QED) is 0.635. The molecule has 0 bridgehead atoms. The van der Waals surface area contributed by atoms with Gasteiger partial charge in [-0.1, -0.05) is 18.2 Å². The molecule has 0 amide bonds. The van der Waals surface area contributed by atoms with Crippen LogP contribution in [0.25, 0.3) is 0 Å². The van der Waals surface area contributed by atoms with Crippen molar-refractivity contribution in [2.24, 2.45) is 0 Å². The van der Waals surface area contributed by atoms with Crippen LogP contribution >= 0.6 is 11.6 Å². The Balaban J connectivity index is 2.34. The highest BCUT2D eigenvalue weighted by atomic mass is 35.5. The molecule has 1 rings (SSSR count). The number of nitrogens with zero attached hydrogens (tertiary/aromatic N) is 2. The molecule has 1 saturated heterocycles. The second-order valence-corrected chi connectivity index (χ2v) is 4.79. The first-order valence-electron chi connectivity index (χ1n) is 6.04. The number of rotatable bonds is 7. The molecule has 104 valence electrons. The molecule has 0 spiro atoms. The van der Waals surface area contributed by atoms with E-state index in [1.807, 2.05) is 4.90 Å². The predicted molar refractivity (Wildman–Crippen MR) is 70.7 cm³/mol. The number of ether oxygens (including phenoxy) is 2. The van der Waals surface area contributed by atoms with Crippen LogP contribution in [0.3, 0.4) is 0 Å². The van der Waals surface area contributed by atoms with Crippen molar-refractivity contribution in [3.8, 4) is 0 Å². The second kappa shape index (κ2) is 8.48. The van der Waals surface area contributed by atoms with Gasteiger partial charge in [0.05, 0.1) is 26.9 Å². The summed E-state index contributed by atoms with van der Waals surface area (Å²) in [6.45, 7) is 9.49. The maximum atomic E-state index is 11.3. The Labute approximate surface area is 113 Å². The Morgan fingerprint density at radius 1 is 1.44 bits per heavy atom. The molecule has 1 aliphatic heterocycles. The lowest BCUT2D eigenvalue weighted by Crippen LogP contribution is -2.43. The molecule has 1 aliphatic rings. The third kappa shape index (κ3) is 6.35. The molecular weight excluding hydrogens is 256 g/mol. The lowest BCUT2D eigenvalue weighted by atomic mass is 10.3. The number of carbonyl (C=O) groups excluding carboxylic acids is 1. The Kier molecular flexibility index (Phi) is 7.27. The first kappa shape index (κ1) is 15.4. The van der Waals surface area contributed by atoms with E-state index in [1.54, 1.807) is 0 Å². The average Bonchev–Trinajstić information content (AvgIpc) is 2.36. The van der Waals surface area contributed by atoms with Crippen molar-refractivity contribution in [1.82, 2.24) is 9.80 Å². The van der Waals surface area contributed by atoms with Gasteiger partial charge in [-0.2, -0.15) is 0 Å². The van der Waals surface area contributed by atoms with Gasteiger partial charge in [-0.05, 0) is 0 Å². The largest absolute Gasteiger partial charge is 0.468 e. The summed E-state index contributed by atoms with van der Waals surface area (Å²) in [6, 6.07) is 0. The van der Waals surface area contributed by atoms with E-state index in [0.717, 1.165) is 39.4 Å². The van der Waals surface area contributed by atoms with Crippen LogP contribution in [-0.4, -0.2) is 75.4 Å². The Hall–Kier alpha value is -0.620. The fourth-order valence-electron chi connectivity index (χ4n) is 1.81. The van der Waals surface area contributed by atoms with Gasteiger partial charge in [0.15, 0.2) is 0 Å². The molecule has 1 heterocycles. The van der Waals surface area contributed by atoms with Gasteiger partial charge in [-0.15, -0.1) is 0 Å². The molecule has 0 aliphatic carbocycles. The molecule has 5 nitrogen and oxygen atoms in total. The number of hydrogen-bond donors (Lipinski definition) is 0. The lowest BCUT2D eigenvalue weighted by molar-refractivity contribution is -0.141. The van der Waals surface area contributed by atoms with Gasteiger partial charge in [-0.3, -0.25) is 14.6 Å². The van der Waals surface area contributed by atoms with Crippen molar-refractivity contribution in [2.45, 2.75) is 0 Å². The highest BCUT2D eigenvalue weighted by Crippen LogP contribution is 2.03. The summed E-state index contributed by atoms with van der Waals surface area (Å²) < 4.78 is 9.96. The highest BCUT2D eigenvalue weighted by molar-refractivity contribution is 6.29. The molecule has 6 heteroatoms. The summed E-state index contributed by atoms with van der Waals surface area (Å²) in [7, 11) is 1.39. The van der Waals surface area contributed by atoms with E-state index in [2.05, 4.69) is 16.2 Å². The van der Waals surface area contributed by atoms with Crippen molar-refractivity contribution < 1.29 is 14.3 Å². The number of esters is 1. The summed E-state index contributed by atoms with van der Waals surface area (Å²) in [5.74, 6) is -0.255. The van der Waals surface area contributed by atoms with E-state index < -0.39 is 0 Å². The standard InChI is InChI=1S/C12H21ClN2O3/c1-11(13)9-15(10-12(16)17-2)4-3-14-5-7-18-8-6-14/h1,3-10H2,2H3. The predicted octanol–water partition coefficient (Wildman–Crippen LogP) is 0.546. The van der Waals surface area contributed by atoms with E-state index in [-0.39, 0.29) is 12.5 Å². The minimum atomic E-state index is -0.255. The van der Waals surface area contributed by atoms with Crippen LogP contribution in [0.4, 0.5) is 0 Å². The van der Waals surface area contributed by atoms with Gasteiger partial charge in [-0.25, -0.2) is 0 Å². The SMILES string of the molecule is C=C(Cl)CN(CCN1CCOCC1)CC(=O)OC. The van der Waals surface area contributed by atoms with Crippen molar-refractivity contribution in [3.05, 3.63) is 11.6 Å². The molecule has 0 saturated carbocycles. The van der Waals surface area contributed by atoms with E-state index >= 15 is 0 Å². The molecule has 0 aromatic carbocycles. The monoisotopic (exact) mass is 276 g/mol. The molecule has 0 aromatic heterocycles. The minimum Gasteiger partial charge on any atom is -0.468 e. The third-order valence-corrected chi connectivity index (χ3v) is 2.93. The summed E-state index contributed by atoms with van der Waals surface area (Å²) in [5, 5.41) is 0.529. The third-order valence-electron chi connectivity index (χ3n) is 2.81. The fraction of sp³-hybridized carbons (Fsp3) is 0.750. The summed E-state index contributed by atoms with van der Waals surface area (Å²) in [6.07, 6.45) is 0. The van der Waals surface area contributed by atoms with Crippen molar-refractivity contribution in [2.75, 3.05) is 59.6 Å². The van der Waals surface area contributed by atoms with Crippen LogP contribution in [0, 0.1) is 0 Å². The number of morpholine rings is 1. The van der Waals surface area contributed by atoms with Gasteiger partial charge in [0, 0.05) is 37.8 Å². The zero-order valence-corrected chi connectivity index (χ0v) is 11.6. The molecule has 1 fully saturated rings. The van der Waals surface area contributed by atoms with Crippen LogP contribution in [0.2, 0.25) is 0 Å². The molecular formula is C12H21ClN2O3.